The zero-order chi connectivity index (χ0) is 16.0. The minimum atomic E-state index is -0.908. The van der Waals surface area contributed by atoms with Gasteiger partial charge in [0.15, 0.2) is 0 Å². The first-order chi connectivity index (χ1) is 9.81. The molecular formula is C15H26N2O4. The van der Waals surface area contributed by atoms with Gasteiger partial charge in [0, 0.05) is 19.0 Å². The van der Waals surface area contributed by atoms with Crippen molar-refractivity contribution in [2.45, 2.75) is 52.5 Å². The summed E-state index contributed by atoms with van der Waals surface area (Å²) in [6, 6.07) is 0.145. The van der Waals surface area contributed by atoms with Crippen LogP contribution in [-0.4, -0.2) is 46.9 Å². The molecule has 0 saturated heterocycles. The van der Waals surface area contributed by atoms with Gasteiger partial charge in [-0.05, 0) is 25.2 Å². The standard InChI is InChI=1S/C15H26N2O4/c1-10(2)4-7-13(18)16-8-14(19)17(12-5-6-12)9-11(3)15(20)21/h10-12H,4-9H2,1-3H3,(H,16,18)(H,20,21). The second-order valence-corrected chi connectivity index (χ2v) is 6.23. The van der Waals surface area contributed by atoms with Gasteiger partial charge in [-0.3, -0.25) is 14.4 Å². The first kappa shape index (κ1) is 17.5. The minimum absolute atomic E-state index is 0.0419. The molecule has 0 aromatic heterocycles. The average molecular weight is 298 g/mol. The molecule has 2 N–H and O–H groups in total. The molecule has 0 aromatic carbocycles. The molecule has 0 heterocycles. The molecule has 0 aliphatic heterocycles. The van der Waals surface area contributed by atoms with Crippen LogP contribution >= 0.6 is 0 Å². The molecule has 0 radical (unpaired) electrons. The van der Waals surface area contributed by atoms with Gasteiger partial charge in [-0.15, -0.1) is 0 Å². The number of carboxylic acid groups (broad SMARTS) is 1. The molecule has 6 heteroatoms. The Kier molecular flexibility index (Phi) is 6.65. The number of hydrogen-bond acceptors (Lipinski definition) is 3. The number of hydrogen-bond donors (Lipinski definition) is 2. The van der Waals surface area contributed by atoms with Crippen LogP contribution in [0.2, 0.25) is 0 Å². The van der Waals surface area contributed by atoms with E-state index in [-0.39, 0.29) is 30.9 Å². The van der Waals surface area contributed by atoms with E-state index in [0.717, 1.165) is 19.3 Å². The molecule has 1 aliphatic carbocycles. The molecule has 0 spiro atoms. The quantitative estimate of drug-likeness (QED) is 0.670. The van der Waals surface area contributed by atoms with Crippen LogP contribution in [0.25, 0.3) is 0 Å². The summed E-state index contributed by atoms with van der Waals surface area (Å²) in [6.07, 6.45) is 3.04. The van der Waals surface area contributed by atoms with Crippen LogP contribution in [0.5, 0.6) is 0 Å². The van der Waals surface area contributed by atoms with Crippen molar-refractivity contribution in [1.82, 2.24) is 10.2 Å². The van der Waals surface area contributed by atoms with Crippen molar-refractivity contribution in [3.63, 3.8) is 0 Å². The second kappa shape index (κ2) is 8.00. The van der Waals surface area contributed by atoms with E-state index in [0.29, 0.717) is 12.3 Å². The van der Waals surface area contributed by atoms with Crippen LogP contribution in [0.4, 0.5) is 0 Å². The molecule has 1 fully saturated rings. The molecule has 1 unspecified atom stereocenters. The number of rotatable bonds is 9. The van der Waals surface area contributed by atoms with Gasteiger partial charge in [-0.2, -0.15) is 0 Å². The maximum absolute atomic E-state index is 12.1. The van der Waals surface area contributed by atoms with Crippen molar-refractivity contribution in [3.05, 3.63) is 0 Å². The van der Waals surface area contributed by atoms with Gasteiger partial charge in [0.2, 0.25) is 11.8 Å². The normalized spacial score (nSPS) is 15.6. The van der Waals surface area contributed by atoms with Crippen LogP contribution in [0, 0.1) is 11.8 Å². The zero-order valence-corrected chi connectivity index (χ0v) is 13.1. The van der Waals surface area contributed by atoms with Gasteiger partial charge >= 0.3 is 5.97 Å². The lowest BCUT2D eigenvalue weighted by atomic mass is 10.1. The van der Waals surface area contributed by atoms with Crippen LogP contribution in [0.1, 0.15) is 46.5 Å². The first-order valence-corrected chi connectivity index (χ1v) is 7.60. The number of carboxylic acids is 1. The third-order valence-corrected chi connectivity index (χ3v) is 3.59. The van der Waals surface area contributed by atoms with E-state index in [4.69, 9.17) is 5.11 Å². The van der Waals surface area contributed by atoms with Gasteiger partial charge < -0.3 is 15.3 Å². The average Bonchev–Trinajstić information content (AvgIpc) is 3.23. The van der Waals surface area contributed by atoms with Gasteiger partial charge in [-0.1, -0.05) is 20.8 Å². The lowest BCUT2D eigenvalue weighted by Gasteiger charge is -2.24. The van der Waals surface area contributed by atoms with E-state index in [1.807, 2.05) is 13.8 Å². The number of amides is 2. The van der Waals surface area contributed by atoms with Crippen LogP contribution in [-0.2, 0) is 14.4 Å². The Morgan fingerprint density at radius 3 is 2.33 bits per heavy atom. The lowest BCUT2D eigenvalue weighted by Crippen LogP contribution is -2.44. The van der Waals surface area contributed by atoms with Gasteiger partial charge in [0.05, 0.1) is 12.5 Å². The highest BCUT2D eigenvalue weighted by Gasteiger charge is 2.34. The highest BCUT2D eigenvalue weighted by molar-refractivity contribution is 5.85. The summed E-state index contributed by atoms with van der Waals surface area (Å²) in [4.78, 5) is 36.3. The summed E-state index contributed by atoms with van der Waals surface area (Å²) in [6.45, 7) is 5.84. The van der Waals surface area contributed by atoms with Crippen molar-refractivity contribution in [2.24, 2.45) is 11.8 Å². The Labute approximate surface area is 125 Å². The highest BCUT2D eigenvalue weighted by atomic mass is 16.4. The summed E-state index contributed by atoms with van der Waals surface area (Å²) < 4.78 is 0. The van der Waals surface area contributed by atoms with Crippen molar-refractivity contribution in [3.8, 4) is 0 Å². The van der Waals surface area contributed by atoms with Gasteiger partial charge in [-0.25, -0.2) is 0 Å². The third kappa shape index (κ3) is 6.60. The van der Waals surface area contributed by atoms with Crippen molar-refractivity contribution >= 4 is 17.8 Å². The molecule has 1 atom stereocenters. The van der Waals surface area contributed by atoms with E-state index in [1.165, 1.54) is 0 Å². The molecule has 120 valence electrons. The SMILES string of the molecule is CC(C)CCC(=O)NCC(=O)N(CC(C)C(=O)O)C1CC1. The van der Waals surface area contributed by atoms with E-state index in [2.05, 4.69) is 5.32 Å². The highest BCUT2D eigenvalue weighted by Crippen LogP contribution is 2.27. The Balaban J connectivity index is 2.39. The fourth-order valence-corrected chi connectivity index (χ4v) is 2.00. The molecule has 1 rings (SSSR count). The Morgan fingerprint density at radius 1 is 1.24 bits per heavy atom. The largest absolute Gasteiger partial charge is 0.481 e. The Bertz CT molecular complexity index is 391. The van der Waals surface area contributed by atoms with Gasteiger partial charge in [0.1, 0.15) is 0 Å². The Hall–Kier alpha value is -1.59. The summed E-state index contributed by atoms with van der Waals surface area (Å²) in [7, 11) is 0. The van der Waals surface area contributed by atoms with E-state index in [1.54, 1.807) is 11.8 Å². The molecule has 0 aromatic rings. The first-order valence-electron chi connectivity index (χ1n) is 7.60. The molecule has 6 nitrogen and oxygen atoms in total. The van der Waals surface area contributed by atoms with Gasteiger partial charge in [0.25, 0.3) is 0 Å². The lowest BCUT2D eigenvalue weighted by molar-refractivity contribution is -0.143. The third-order valence-electron chi connectivity index (χ3n) is 3.59. The fraction of sp³-hybridized carbons (Fsp3) is 0.800. The topological polar surface area (TPSA) is 86.7 Å². The summed E-state index contributed by atoms with van der Waals surface area (Å²) in [5.74, 6) is -1.37. The summed E-state index contributed by atoms with van der Waals surface area (Å²) >= 11 is 0. The summed E-state index contributed by atoms with van der Waals surface area (Å²) in [5.41, 5.74) is 0. The molecule has 2 amide bonds. The fourth-order valence-electron chi connectivity index (χ4n) is 2.00. The van der Waals surface area contributed by atoms with Crippen molar-refractivity contribution in [2.75, 3.05) is 13.1 Å². The van der Waals surface area contributed by atoms with E-state index < -0.39 is 11.9 Å². The molecule has 1 aliphatic rings. The molecule has 1 saturated carbocycles. The minimum Gasteiger partial charge on any atom is -0.481 e. The van der Waals surface area contributed by atoms with Crippen molar-refractivity contribution < 1.29 is 19.5 Å². The maximum atomic E-state index is 12.1. The van der Waals surface area contributed by atoms with Crippen molar-refractivity contribution in [1.29, 1.82) is 0 Å². The van der Waals surface area contributed by atoms with Crippen LogP contribution in [0.15, 0.2) is 0 Å². The van der Waals surface area contributed by atoms with Crippen LogP contribution in [0.3, 0.4) is 0 Å². The predicted octanol–water partition coefficient (Wildman–Crippen LogP) is 1.25. The second-order valence-electron chi connectivity index (χ2n) is 6.23. The maximum Gasteiger partial charge on any atom is 0.308 e. The Morgan fingerprint density at radius 2 is 1.86 bits per heavy atom. The number of aliphatic carboxylic acids is 1. The zero-order valence-electron chi connectivity index (χ0n) is 13.1. The smallest absolute Gasteiger partial charge is 0.308 e. The monoisotopic (exact) mass is 298 g/mol. The van der Waals surface area contributed by atoms with Crippen LogP contribution < -0.4 is 5.32 Å². The predicted molar refractivity (Wildman–Crippen MR) is 78.6 cm³/mol. The number of carbonyl (C=O) groups excluding carboxylic acids is 2. The molecule has 21 heavy (non-hydrogen) atoms. The molecule has 0 bridgehead atoms. The van der Waals surface area contributed by atoms with E-state index in [9.17, 15) is 14.4 Å². The molecular weight excluding hydrogens is 272 g/mol. The number of nitrogens with one attached hydrogen (secondary N) is 1. The number of carbonyl (C=O) groups is 3. The number of nitrogens with zero attached hydrogens (tertiary/aromatic N) is 1. The van der Waals surface area contributed by atoms with E-state index >= 15 is 0 Å². The summed E-state index contributed by atoms with van der Waals surface area (Å²) in [5, 5.41) is 11.6.